The van der Waals surface area contributed by atoms with Gasteiger partial charge in [0.2, 0.25) is 5.91 Å². The molecule has 3 aromatic carbocycles. The molecule has 3 nitrogen and oxygen atoms in total. The van der Waals surface area contributed by atoms with Crippen LogP contribution in [0.1, 0.15) is 17.2 Å². The van der Waals surface area contributed by atoms with Crippen molar-refractivity contribution in [2.75, 3.05) is 11.9 Å². The van der Waals surface area contributed by atoms with E-state index in [1.54, 1.807) is 12.1 Å². The Hall–Kier alpha value is -2.78. The smallest absolute Gasteiger partial charge is 0.240 e. The van der Waals surface area contributed by atoms with Gasteiger partial charge in [0.05, 0.1) is 12.6 Å². The number of nitrogens with one attached hydrogen (secondary N) is 2. The standard InChI is InChI=1S/C21H19ClN2O/c22-18-12-7-13-19(14-18)23-15-20(25)24-21(16-8-3-1-4-9-16)17-10-5-2-6-11-17/h1-14,21,23H,15H2,(H,24,25). The van der Waals surface area contributed by atoms with E-state index in [0.29, 0.717) is 5.02 Å². The first-order chi connectivity index (χ1) is 12.2. The summed E-state index contributed by atoms with van der Waals surface area (Å²) in [4.78, 5) is 12.5. The van der Waals surface area contributed by atoms with Gasteiger partial charge in [0, 0.05) is 10.7 Å². The van der Waals surface area contributed by atoms with Gasteiger partial charge >= 0.3 is 0 Å². The van der Waals surface area contributed by atoms with Crippen molar-refractivity contribution in [1.82, 2.24) is 5.32 Å². The van der Waals surface area contributed by atoms with Crippen LogP contribution in [-0.4, -0.2) is 12.5 Å². The molecule has 2 N–H and O–H groups in total. The number of amides is 1. The van der Waals surface area contributed by atoms with Crippen molar-refractivity contribution in [1.29, 1.82) is 0 Å². The van der Waals surface area contributed by atoms with Gasteiger partial charge in [-0.1, -0.05) is 78.3 Å². The highest BCUT2D eigenvalue weighted by molar-refractivity contribution is 6.30. The molecule has 0 saturated carbocycles. The number of carbonyl (C=O) groups is 1. The van der Waals surface area contributed by atoms with Crippen molar-refractivity contribution in [3.8, 4) is 0 Å². The molecule has 0 radical (unpaired) electrons. The Balaban J connectivity index is 1.71. The second-order valence-corrected chi connectivity index (χ2v) is 6.12. The summed E-state index contributed by atoms with van der Waals surface area (Å²) >= 11 is 5.96. The maximum absolute atomic E-state index is 12.5. The lowest BCUT2D eigenvalue weighted by Crippen LogP contribution is -2.33. The van der Waals surface area contributed by atoms with Crippen LogP contribution in [0.4, 0.5) is 5.69 Å². The maximum atomic E-state index is 12.5. The van der Waals surface area contributed by atoms with Gasteiger partial charge in [-0.25, -0.2) is 0 Å². The second kappa shape index (κ2) is 8.36. The first-order valence-electron chi connectivity index (χ1n) is 8.11. The fourth-order valence-electron chi connectivity index (χ4n) is 2.64. The minimum absolute atomic E-state index is 0.0855. The van der Waals surface area contributed by atoms with Gasteiger partial charge in [0.1, 0.15) is 0 Å². The summed E-state index contributed by atoms with van der Waals surface area (Å²) in [6.07, 6.45) is 0. The summed E-state index contributed by atoms with van der Waals surface area (Å²) in [5.74, 6) is -0.0855. The molecule has 0 aromatic heterocycles. The van der Waals surface area contributed by atoms with Crippen molar-refractivity contribution < 1.29 is 4.79 Å². The molecule has 25 heavy (non-hydrogen) atoms. The number of hydrogen-bond acceptors (Lipinski definition) is 2. The van der Waals surface area contributed by atoms with Crippen LogP contribution in [0.2, 0.25) is 5.02 Å². The summed E-state index contributed by atoms with van der Waals surface area (Å²) in [6.45, 7) is 0.177. The van der Waals surface area contributed by atoms with Crippen molar-refractivity contribution in [3.63, 3.8) is 0 Å². The van der Waals surface area contributed by atoms with Crippen LogP contribution >= 0.6 is 11.6 Å². The maximum Gasteiger partial charge on any atom is 0.240 e. The summed E-state index contributed by atoms with van der Waals surface area (Å²) in [6, 6.07) is 27.0. The van der Waals surface area contributed by atoms with Crippen LogP contribution in [0.3, 0.4) is 0 Å². The molecule has 0 saturated heterocycles. The molecular weight excluding hydrogens is 332 g/mol. The van der Waals surface area contributed by atoms with Crippen LogP contribution in [0.15, 0.2) is 84.9 Å². The number of anilines is 1. The van der Waals surface area contributed by atoms with Crippen molar-refractivity contribution in [3.05, 3.63) is 101 Å². The zero-order valence-electron chi connectivity index (χ0n) is 13.7. The van der Waals surface area contributed by atoms with E-state index in [2.05, 4.69) is 10.6 Å². The minimum atomic E-state index is -0.184. The predicted molar refractivity (Wildman–Crippen MR) is 103 cm³/mol. The molecule has 0 unspecified atom stereocenters. The Kier molecular flexibility index (Phi) is 5.70. The average Bonchev–Trinajstić information content (AvgIpc) is 2.66. The van der Waals surface area contributed by atoms with E-state index in [-0.39, 0.29) is 18.5 Å². The summed E-state index contributed by atoms with van der Waals surface area (Å²) in [7, 11) is 0. The van der Waals surface area contributed by atoms with Gasteiger partial charge in [-0.2, -0.15) is 0 Å². The molecule has 0 heterocycles. The molecule has 0 aliphatic rings. The van der Waals surface area contributed by atoms with Gasteiger partial charge in [0.15, 0.2) is 0 Å². The molecule has 126 valence electrons. The van der Waals surface area contributed by atoms with Crippen molar-refractivity contribution in [2.24, 2.45) is 0 Å². The van der Waals surface area contributed by atoms with Gasteiger partial charge in [-0.05, 0) is 29.3 Å². The predicted octanol–water partition coefficient (Wildman–Crippen LogP) is 4.66. The third-order valence-corrected chi connectivity index (χ3v) is 4.08. The summed E-state index contributed by atoms with van der Waals surface area (Å²) in [5.41, 5.74) is 2.91. The monoisotopic (exact) mass is 350 g/mol. The molecule has 0 aliphatic heterocycles. The Bertz CT molecular complexity index is 782. The van der Waals surface area contributed by atoms with Crippen LogP contribution in [0.25, 0.3) is 0 Å². The number of halogens is 1. The second-order valence-electron chi connectivity index (χ2n) is 5.69. The molecule has 3 rings (SSSR count). The van der Waals surface area contributed by atoms with E-state index in [4.69, 9.17) is 11.6 Å². The molecule has 0 fully saturated rings. The largest absolute Gasteiger partial charge is 0.376 e. The fourth-order valence-corrected chi connectivity index (χ4v) is 2.83. The van der Waals surface area contributed by atoms with E-state index in [9.17, 15) is 4.79 Å². The van der Waals surface area contributed by atoms with Crippen LogP contribution < -0.4 is 10.6 Å². The first kappa shape index (κ1) is 17.1. The fraction of sp³-hybridized carbons (Fsp3) is 0.0952. The van der Waals surface area contributed by atoms with Gasteiger partial charge in [0.25, 0.3) is 0 Å². The minimum Gasteiger partial charge on any atom is -0.376 e. The number of carbonyl (C=O) groups excluding carboxylic acids is 1. The molecule has 0 aliphatic carbocycles. The summed E-state index contributed by atoms with van der Waals surface area (Å²) in [5, 5.41) is 6.83. The van der Waals surface area contributed by atoms with Crippen molar-refractivity contribution in [2.45, 2.75) is 6.04 Å². The lowest BCUT2D eigenvalue weighted by Gasteiger charge is -2.20. The molecule has 3 aromatic rings. The number of benzene rings is 3. The van der Waals surface area contributed by atoms with Gasteiger partial charge in [-0.3, -0.25) is 4.79 Å². The highest BCUT2D eigenvalue weighted by Gasteiger charge is 2.16. The first-order valence-corrected chi connectivity index (χ1v) is 8.49. The van der Waals surface area contributed by atoms with Crippen LogP contribution in [0.5, 0.6) is 0 Å². The van der Waals surface area contributed by atoms with E-state index in [1.807, 2.05) is 72.8 Å². The van der Waals surface area contributed by atoms with E-state index >= 15 is 0 Å². The van der Waals surface area contributed by atoms with E-state index in [0.717, 1.165) is 16.8 Å². The molecule has 0 spiro atoms. The topological polar surface area (TPSA) is 41.1 Å². The summed E-state index contributed by atoms with van der Waals surface area (Å²) < 4.78 is 0. The molecule has 0 bridgehead atoms. The normalized spacial score (nSPS) is 10.5. The lowest BCUT2D eigenvalue weighted by atomic mass is 9.99. The van der Waals surface area contributed by atoms with Crippen LogP contribution in [0, 0.1) is 0 Å². The Morgan fingerprint density at radius 2 is 1.44 bits per heavy atom. The Morgan fingerprint density at radius 1 is 0.840 bits per heavy atom. The van der Waals surface area contributed by atoms with Crippen LogP contribution in [-0.2, 0) is 4.79 Å². The molecule has 4 heteroatoms. The molecule has 0 atom stereocenters. The van der Waals surface area contributed by atoms with E-state index in [1.165, 1.54) is 0 Å². The van der Waals surface area contributed by atoms with Gasteiger partial charge < -0.3 is 10.6 Å². The lowest BCUT2D eigenvalue weighted by molar-refractivity contribution is -0.119. The zero-order chi connectivity index (χ0) is 17.5. The Labute approximate surface area is 152 Å². The number of hydrogen-bond donors (Lipinski definition) is 2. The third-order valence-electron chi connectivity index (χ3n) is 3.85. The van der Waals surface area contributed by atoms with Gasteiger partial charge in [-0.15, -0.1) is 0 Å². The average molecular weight is 351 g/mol. The third kappa shape index (κ3) is 4.85. The molecular formula is C21H19ClN2O. The SMILES string of the molecule is O=C(CNc1cccc(Cl)c1)NC(c1ccccc1)c1ccccc1. The zero-order valence-corrected chi connectivity index (χ0v) is 14.4. The number of rotatable bonds is 6. The highest BCUT2D eigenvalue weighted by Crippen LogP contribution is 2.21. The molecule has 1 amide bonds. The quantitative estimate of drug-likeness (QED) is 0.679. The van der Waals surface area contributed by atoms with E-state index < -0.39 is 0 Å². The highest BCUT2D eigenvalue weighted by atomic mass is 35.5. The Morgan fingerprint density at radius 3 is 2.00 bits per heavy atom. The van der Waals surface area contributed by atoms with Crippen molar-refractivity contribution >= 4 is 23.2 Å².